The van der Waals surface area contributed by atoms with Crippen molar-refractivity contribution in [2.24, 2.45) is 0 Å². The Morgan fingerprint density at radius 2 is 2.28 bits per heavy atom. The zero-order valence-electron chi connectivity index (χ0n) is 10.9. The molecule has 4 nitrogen and oxygen atoms in total. The quantitative estimate of drug-likeness (QED) is 0.772. The molecule has 0 fully saturated rings. The summed E-state index contributed by atoms with van der Waals surface area (Å²) in [6.07, 6.45) is 1.44. The third-order valence-electron chi connectivity index (χ3n) is 2.73. The van der Waals surface area contributed by atoms with Crippen molar-refractivity contribution >= 4 is 0 Å². The molecule has 0 heterocycles. The molecular formula is C14H20N2O2. The van der Waals surface area contributed by atoms with E-state index in [0.29, 0.717) is 18.7 Å². The van der Waals surface area contributed by atoms with Gasteiger partial charge in [0.15, 0.2) is 0 Å². The molecule has 0 spiro atoms. The van der Waals surface area contributed by atoms with Crippen LogP contribution in [0.5, 0.6) is 5.75 Å². The van der Waals surface area contributed by atoms with E-state index < -0.39 is 0 Å². The predicted molar refractivity (Wildman–Crippen MR) is 70.3 cm³/mol. The van der Waals surface area contributed by atoms with E-state index in [2.05, 4.69) is 11.4 Å². The zero-order valence-corrected chi connectivity index (χ0v) is 10.9. The Labute approximate surface area is 108 Å². The van der Waals surface area contributed by atoms with Crippen molar-refractivity contribution in [3.8, 4) is 11.8 Å². The van der Waals surface area contributed by atoms with E-state index in [1.165, 1.54) is 0 Å². The molecule has 1 rings (SSSR count). The van der Waals surface area contributed by atoms with Gasteiger partial charge in [-0.05, 0) is 24.6 Å². The van der Waals surface area contributed by atoms with Crippen LogP contribution < -0.4 is 10.1 Å². The van der Waals surface area contributed by atoms with Crippen molar-refractivity contribution in [2.75, 3.05) is 13.7 Å². The molecule has 1 aromatic carbocycles. The van der Waals surface area contributed by atoms with Crippen molar-refractivity contribution in [1.29, 1.82) is 5.26 Å². The van der Waals surface area contributed by atoms with Gasteiger partial charge in [0, 0.05) is 18.7 Å². The van der Waals surface area contributed by atoms with E-state index in [9.17, 15) is 5.11 Å². The van der Waals surface area contributed by atoms with Crippen molar-refractivity contribution in [2.45, 2.75) is 32.4 Å². The summed E-state index contributed by atoms with van der Waals surface area (Å²) in [5.74, 6) is 0.756. The van der Waals surface area contributed by atoms with Gasteiger partial charge in [0.05, 0.1) is 24.8 Å². The van der Waals surface area contributed by atoms with Crippen LogP contribution in [-0.4, -0.2) is 24.9 Å². The van der Waals surface area contributed by atoms with Crippen LogP contribution in [0.4, 0.5) is 0 Å². The second kappa shape index (κ2) is 7.70. The summed E-state index contributed by atoms with van der Waals surface area (Å²) in [4.78, 5) is 0. The number of methoxy groups -OCH3 is 1. The highest BCUT2D eigenvalue weighted by Gasteiger charge is 2.06. The number of nitrogens with zero attached hydrogens (tertiary/aromatic N) is 1. The molecule has 0 aliphatic rings. The third kappa shape index (κ3) is 4.36. The van der Waals surface area contributed by atoms with Gasteiger partial charge < -0.3 is 15.2 Å². The fourth-order valence-corrected chi connectivity index (χ4v) is 1.80. The fourth-order valence-electron chi connectivity index (χ4n) is 1.80. The Kier molecular flexibility index (Phi) is 6.20. The predicted octanol–water partition coefficient (Wildman–Crippen LogP) is 1.82. The first-order valence-corrected chi connectivity index (χ1v) is 6.17. The molecule has 1 unspecified atom stereocenters. The van der Waals surface area contributed by atoms with Crippen LogP contribution in [0.1, 0.15) is 30.9 Å². The van der Waals surface area contributed by atoms with E-state index in [-0.39, 0.29) is 6.10 Å². The molecule has 1 atom stereocenters. The maximum Gasteiger partial charge on any atom is 0.123 e. The topological polar surface area (TPSA) is 65.3 Å². The van der Waals surface area contributed by atoms with Crippen LogP contribution in [0.25, 0.3) is 0 Å². The number of ether oxygens (including phenoxy) is 1. The lowest BCUT2D eigenvalue weighted by Gasteiger charge is -2.13. The molecule has 18 heavy (non-hydrogen) atoms. The summed E-state index contributed by atoms with van der Waals surface area (Å²) in [6.45, 7) is 3.18. The van der Waals surface area contributed by atoms with E-state index in [1.807, 2.05) is 6.92 Å². The van der Waals surface area contributed by atoms with Crippen LogP contribution >= 0.6 is 0 Å². The largest absolute Gasteiger partial charge is 0.496 e. The Morgan fingerprint density at radius 3 is 2.89 bits per heavy atom. The summed E-state index contributed by atoms with van der Waals surface area (Å²) in [5, 5.41) is 21.6. The molecule has 0 saturated heterocycles. The molecule has 2 N–H and O–H groups in total. The van der Waals surface area contributed by atoms with Crippen molar-refractivity contribution in [1.82, 2.24) is 5.32 Å². The maximum absolute atomic E-state index is 9.61. The minimum Gasteiger partial charge on any atom is -0.496 e. The highest BCUT2D eigenvalue weighted by atomic mass is 16.5. The Hall–Kier alpha value is -1.57. The molecule has 0 bridgehead atoms. The number of nitriles is 1. The summed E-state index contributed by atoms with van der Waals surface area (Å²) >= 11 is 0. The molecular weight excluding hydrogens is 228 g/mol. The Bertz CT molecular complexity index is 413. The SMILES string of the molecule is CCCC(O)CNCc1cc(C#N)ccc1OC. The van der Waals surface area contributed by atoms with E-state index >= 15 is 0 Å². The maximum atomic E-state index is 9.61. The van der Waals surface area contributed by atoms with Gasteiger partial charge in [0.1, 0.15) is 5.75 Å². The van der Waals surface area contributed by atoms with E-state index in [0.717, 1.165) is 24.2 Å². The van der Waals surface area contributed by atoms with Crippen LogP contribution in [0, 0.1) is 11.3 Å². The average Bonchev–Trinajstić information content (AvgIpc) is 2.39. The minimum absolute atomic E-state index is 0.319. The number of benzene rings is 1. The third-order valence-corrected chi connectivity index (χ3v) is 2.73. The number of aliphatic hydroxyl groups excluding tert-OH is 1. The van der Waals surface area contributed by atoms with Gasteiger partial charge in [-0.2, -0.15) is 5.26 Å². The summed E-state index contributed by atoms with van der Waals surface area (Å²) in [7, 11) is 1.61. The number of aliphatic hydroxyl groups is 1. The van der Waals surface area contributed by atoms with Gasteiger partial charge in [0.2, 0.25) is 0 Å². The average molecular weight is 248 g/mol. The van der Waals surface area contributed by atoms with Crippen LogP contribution in [0.3, 0.4) is 0 Å². The number of nitrogens with one attached hydrogen (secondary N) is 1. The van der Waals surface area contributed by atoms with Gasteiger partial charge in [-0.3, -0.25) is 0 Å². The normalized spacial score (nSPS) is 11.9. The smallest absolute Gasteiger partial charge is 0.123 e. The van der Waals surface area contributed by atoms with Crippen molar-refractivity contribution < 1.29 is 9.84 Å². The second-order valence-corrected chi connectivity index (χ2v) is 4.21. The van der Waals surface area contributed by atoms with Gasteiger partial charge in [0.25, 0.3) is 0 Å². The zero-order chi connectivity index (χ0) is 13.4. The van der Waals surface area contributed by atoms with Crippen molar-refractivity contribution in [3.63, 3.8) is 0 Å². The van der Waals surface area contributed by atoms with Gasteiger partial charge in [-0.1, -0.05) is 13.3 Å². The van der Waals surface area contributed by atoms with Gasteiger partial charge in [-0.15, -0.1) is 0 Å². The first-order chi connectivity index (χ1) is 8.71. The van der Waals surface area contributed by atoms with E-state index in [4.69, 9.17) is 10.00 Å². The highest BCUT2D eigenvalue weighted by molar-refractivity contribution is 5.41. The molecule has 98 valence electrons. The Morgan fingerprint density at radius 1 is 1.50 bits per heavy atom. The molecule has 0 amide bonds. The van der Waals surface area contributed by atoms with Crippen LogP contribution in [-0.2, 0) is 6.54 Å². The second-order valence-electron chi connectivity index (χ2n) is 4.21. The lowest BCUT2D eigenvalue weighted by atomic mass is 10.1. The standard InChI is InChI=1S/C14H20N2O2/c1-3-4-13(17)10-16-9-12-7-11(8-15)5-6-14(12)18-2/h5-7,13,16-17H,3-4,9-10H2,1-2H3. The van der Waals surface area contributed by atoms with Gasteiger partial charge >= 0.3 is 0 Å². The van der Waals surface area contributed by atoms with Gasteiger partial charge in [-0.25, -0.2) is 0 Å². The fraction of sp³-hybridized carbons (Fsp3) is 0.500. The first kappa shape index (κ1) is 14.5. The molecule has 0 aliphatic heterocycles. The molecule has 0 aliphatic carbocycles. The Balaban J connectivity index is 2.57. The van der Waals surface area contributed by atoms with Crippen LogP contribution in [0.15, 0.2) is 18.2 Å². The van der Waals surface area contributed by atoms with Crippen molar-refractivity contribution in [3.05, 3.63) is 29.3 Å². The molecule has 0 saturated carbocycles. The lowest BCUT2D eigenvalue weighted by Crippen LogP contribution is -2.26. The first-order valence-electron chi connectivity index (χ1n) is 6.17. The lowest BCUT2D eigenvalue weighted by molar-refractivity contribution is 0.160. The number of rotatable bonds is 7. The molecule has 1 aromatic rings. The highest BCUT2D eigenvalue weighted by Crippen LogP contribution is 2.19. The number of hydrogen-bond acceptors (Lipinski definition) is 4. The summed E-state index contributed by atoms with van der Waals surface area (Å²) < 4.78 is 5.24. The molecule has 0 aromatic heterocycles. The molecule has 0 radical (unpaired) electrons. The van der Waals surface area contributed by atoms with E-state index in [1.54, 1.807) is 25.3 Å². The summed E-state index contributed by atoms with van der Waals surface area (Å²) in [6, 6.07) is 7.43. The monoisotopic (exact) mass is 248 g/mol. The van der Waals surface area contributed by atoms with Crippen LogP contribution in [0.2, 0.25) is 0 Å². The minimum atomic E-state index is -0.319. The summed E-state index contributed by atoms with van der Waals surface area (Å²) in [5.41, 5.74) is 1.54. The number of hydrogen-bond donors (Lipinski definition) is 2. The molecule has 4 heteroatoms.